The van der Waals surface area contributed by atoms with Crippen molar-refractivity contribution in [3.05, 3.63) is 104 Å². The van der Waals surface area contributed by atoms with E-state index in [9.17, 15) is 4.79 Å². The summed E-state index contributed by atoms with van der Waals surface area (Å²) >= 11 is 15.6. The van der Waals surface area contributed by atoms with E-state index in [1.807, 2.05) is 72.8 Å². The van der Waals surface area contributed by atoms with E-state index in [1.54, 1.807) is 6.21 Å². The van der Waals surface area contributed by atoms with Crippen LogP contribution in [0.25, 0.3) is 0 Å². The number of nitrogens with one attached hydrogen (secondary N) is 1. The number of hydrogen-bond acceptors (Lipinski definition) is 2. The Balaban J connectivity index is 1.57. The van der Waals surface area contributed by atoms with Gasteiger partial charge in [-0.25, -0.2) is 5.43 Å². The Morgan fingerprint density at radius 3 is 2.14 bits per heavy atom. The van der Waals surface area contributed by atoms with Gasteiger partial charge in [0, 0.05) is 19.9 Å². The highest BCUT2D eigenvalue weighted by Crippen LogP contribution is 2.59. The number of amides is 1. The number of hydrogen-bond donors (Lipinski definition) is 1. The Hall–Kier alpha value is -2.14. The molecule has 1 atom stereocenters. The second kappa shape index (κ2) is 8.31. The summed E-state index contributed by atoms with van der Waals surface area (Å²) in [6.07, 6.45) is 2.34. The van der Waals surface area contributed by atoms with Gasteiger partial charge in [-0.1, -0.05) is 75.5 Å². The summed E-state index contributed by atoms with van der Waals surface area (Å²) in [5.41, 5.74) is 5.31. The van der Waals surface area contributed by atoms with Crippen molar-refractivity contribution in [3.8, 4) is 0 Å². The van der Waals surface area contributed by atoms with Gasteiger partial charge in [-0.15, -0.1) is 0 Å². The van der Waals surface area contributed by atoms with Gasteiger partial charge in [0.2, 0.25) is 5.91 Å². The van der Waals surface area contributed by atoms with Gasteiger partial charge in [0.25, 0.3) is 0 Å². The van der Waals surface area contributed by atoms with E-state index >= 15 is 0 Å². The summed E-state index contributed by atoms with van der Waals surface area (Å²) in [5, 5.41) is 5.47. The molecule has 29 heavy (non-hydrogen) atoms. The minimum atomic E-state index is -0.398. The Morgan fingerprint density at radius 1 is 1.00 bits per heavy atom. The maximum absolute atomic E-state index is 12.9. The number of halogens is 3. The van der Waals surface area contributed by atoms with Crippen LogP contribution in [0.2, 0.25) is 10.0 Å². The number of carbonyl (C=O) groups is 1. The molecular weight excluding hydrogens is 471 g/mol. The molecule has 1 saturated carbocycles. The Morgan fingerprint density at radius 2 is 1.59 bits per heavy atom. The fraction of sp³-hybridized carbons (Fsp3) is 0.130. The molecule has 1 aliphatic carbocycles. The molecule has 3 aromatic carbocycles. The van der Waals surface area contributed by atoms with Gasteiger partial charge in [-0.2, -0.15) is 5.10 Å². The van der Waals surface area contributed by atoms with E-state index in [1.165, 1.54) is 0 Å². The normalized spacial score (nSPS) is 17.3. The van der Waals surface area contributed by atoms with E-state index in [0.29, 0.717) is 16.5 Å². The smallest absolute Gasteiger partial charge is 0.244 e. The number of benzene rings is 3. The average molecular weight is 488 g/mol. The van der Waals surface area contributed by atoms with Crippen LogP contribution in [-0.2, 0) is 10.2 Å². The minimum absolute atomic E-state index is 0.110. The monoisotopic (exact) mass is 486 g/mol. The van der Waals surface area contributed by atoms with Crippen LogP contribution in [0.15, 0.2) is 82.4 Å². The maximum Gasteiger partial charge on any atom is 0.244 e. The van der Waals surface area contributed by atoms with Crippen LogP contribution in [0, 0.1) is 5.92 Å². The lowest BCUT2D eigenvalue weighted by Gasteiger charge is -2.19. The average Bonchev–Trinajstić information content (AvgIpc) is 3.46. The minimum Gasteiger partial charge on any atom is -0.273 e. The van der Waals surface area contributed by atoms with Crippen molar-refractivity contribution >= 4 is 51.3 Å². The first-order valence-electron chi connectivity index (χ1n) is 9.09. The van der Waals surface area contributed by atoms with Gasteiger partial charge < -0.3 is 0 Å². The van der Waals surface area contributed by atoms with Crippen molar-refractivity contribution in [2.24, 2.45) is 11.0 Å². The van der Waals surface area contributed by atoms with Crippen LogP contribution >= 0.6 is 39.1 Å². The van der Waals surface area contributed by atoms with E-state index in [-0.39, 0.29) is 11.8 Å². The van der Waals surface area contributed by atoms with E-state index in [4.69, 9.17) is 23.2 Å². The molecule has 0 bridgehead atoms. The highest BCUT2D eigenvalue weighted by atomic mass is 79.9. The van der Waals surface area contributed by atoms with Crippen molar-refractivity contribution in [2.45, 2.75) is 11.8 Å². The summed E-state index contributed by atoms with van der Waals surface area (Å²) in [6.45, 7) is 0. The molecule has 0 spiro atoms. The van der Waals surface area contributed by atoms with E-state index < -0.39 is 5.41 Å². The van der Waals surface area contributed by atoms with Crippen LogP contribution in [0.4, 0.5) is 0 Å². The highest BCUT2D eigenvalue weighted by molar-refractivity contribution is 9.10. The van der Waals surface area contributed by atoms with Crippen molar-refractivity contribution in [2.75, 3.05) is 0 Å². The predicted octanol–water partition coefficient (Wildman–Crippen LogP) is 6.21. The van der Waals surface area contributed by atoms with Crippen LogP contribution in [0.3, 0.4) is 0 Å². The first-order valence-corrected chi connectivity index (χ1v) is 10.6. The molecule has 3 nitrogen and oxygen atoms in total. The molecule has 1 N–H and O–H groups in total. The third-order valence-corrected chi connectivity index (χ3v) is 6.23. The third-order valence-electron chi connectivity index (χ3n) is 5.23. The zero-order chi connectivity index (χ0) is 20.4. The molecule has 6 heteroatoms. The van der Waals surface area contributed by atoms with Crippen molar-refractivity contribution in [3.63, 3.8) is 0 Å². The molecule has 4 rings (SSSR count). The SMILES string of the molecule is O=C(N/N=C\c1cccc(Br)c1)[C@H]1CC1(c1ccc(Cl)cc1)c1ccc(Cl)cc1. The summed E-state index contributed by atoms with van der Waals surface area (Å²) < 4.78 is 0.958. The molecule has 0 saturated heterocycles. The summed E-state index contributed by atoms with van der Waals surface area (Å²) in [4.78, 5) is 12.9. The second-order valence-corrected chi connectivity index (χ2v) is 8.82. The number of carbonyl (C=O) groups excluding carboxylic acids is 1. The van der Waals surface area contributed by atoms with E-state index in [0.717, 1.165) is 21.2 Å². The maximum atomic E-state index is 12.9. The summed E-state index contributed by atoms with van der Waals surface area (Å²) in [7, 11) is 0. The lowest BCUT2D eigenvalue weighted by atomic mass is 9.85. The predicted molar refractivity (Wildman–Crippen MR) is 122 cm³/mol. The summed E-state index contributed by atoms with van der Waals surface area (Å²) in [5.74, 6) is -0.328. The molecule has 1 amide bonds. The van der Waals surface area contributed by atoms with Gasteiger partial charge in [0.05, 0.1) is 12.1 Å². The molecule has 0 heterocycles. The Labute approximate surface area is 187 Å². The first kappa shape index (κ1) is 20.1. The topological polar surface area (TPSA) is 41.5 Å². The fourth-order valence-electron chi connectivity index (χ4n) is 3.71. The lowest BCUT2D eigenvalue weighted by molar-refractivity contribution is -0.122. The Kier molecular flexibility index (Phi) is 5.77. The molecule has 0 aromatic heterocycles. The van der Waals surface area contributed by atoms with Crippen molar-refractivity contribution < 1.29 is 4.79 Å². The zero-order valence-electron chi connectivity index (χ0n) is 15.3. The molecule has 0 unspecified atom stereocenters. The highest BCUT2D eigenvalue weighted by Gasteiger charge is 2.60. The van der Waals surface area contributed by atoms with Gasteiger partial charge in [-0.05, 0) is 59.5 Å². The number of hydrazone groups is 1. The molecule has 0 aliphatic heterocycles. The quantitative estimate of drug-likeness (QED) is 0.337. The largest absolute Gasteiger partial charge is 0.273 e. The van der Waals surface area contributed by atoms with Crippen LogP contribution in [0.5, 0.6) is 0 Å². The van der Waals surface area contributed by atoms with Crippen molar-refractivity contribution in [1.82, 2.24) is 5.43 Å². The molecule has 0 radical (unpaired) electrons. The molecule has 146 valence electrons. The number of nitrogens with zero attached hydrogens (tertiary/aromatic N) is 1. The van der Waals surface area contributed by atoms with Gasteiger partial charge in [0.1, 0.15) is 0 Å². The van der Waals surface area contributed by atoms with Crippen LogP contribution in [0.1, 0.15) is 23.1 Å². The van der Waals surface area contributed by atoms with Crippen LogP contribution in [-0.4, -0.2) is 12.1 Å². The zero-order valence-corrected chi connectivity index (χ0v) is 18.4. The second-order valence-electron chi connectivity index (χ2n) is 7.03. The van der Waals surface area contributed by atoms with E-state index in [2.05, 4.69) is 26.5 Å². The molecule has 1 fully saturated rings. The van der Waals surface area contributed by atoms with Crippen LogP contribution < -0.4 is 5.43 Å². The molecular formula is C23H17BrCl2N2O. The van der Waals surface area contributed by atoms with Gasteiger partial charge in [0.15, 0.2) is 0 Å². The summed E-state index contributed by atoms with van der Waals surface area (Å²) in [6, 6.07) is 23.0. The molecule has 1 aliphatic rings. The van der Waals surface area contributed by atoms with Crippen molar-refractivity contribution in [1.29, 1.82) is 0 Å². The first-order chi connectivity index (χ1) is 14.0. The molecule has 3 aromatic rings. The third kappa shape index (κ3) is 4.25. The van der Waals surface area contributed by atoms with Gasteiger partial charge in [-0.3, -0.25) is 4.79 Å². The lowest BCUT2D eigenvalue weighted by Crippen LogP contribution is -2.25. The standard InChI is InChI=1S/C23H17BrCl2N2O/c24-18-3-1-2-15(12-18)14-27-28-22(29)21-13-23(21,16-4-8-19(25)9-5-16)17-6-10-20(26)11-7-17/h1-12,14,21H,13H2,(H,28,29)/b27-14-/t21-/m1/s1. The fourth-order valence-corrected chi connectivity index (χ4v) is 4.38. The number of rotatable bonds is 5. The Bertz CT molecular complexity index is 1020. The van der Waals surface area contributed by atoms with Gasteiger partial charge >= 0.3 is 0 Å².